The maximum atomic E-state index is 11.6. The number of methoxy groups -OCH3 is 2. The van der Waals surface area contributed by atoms with Crippen LogP contribution in [0.2, 0.25) is 0 Å². The zero-order valence-electron chi connectivity index (χ0n) is 11.1. The van der Waals surface area contributed by atoms with E-state index in [-0.39, 0.29) is 21.6 Å². The molecule has 0 radical (unpaired) electrons. The molecule has 2 unspecified atom stereocenters. The summed E-state index contributed by atoms with van der Waals surface area (Å²) < 4.78 is 14.3. The van der Waals surface area contributed by atoms with Crippen LogP contribution < -0.4 is 5.32 Å². The summed E-state index contributed by atoms with van der Waals surface area (Å²) in [7, 11) is 2.56. The third-order valence-corrected chi connectivity index (χ3v) is 3.95. The van der Waals surface area contributed by atoms with Crippen molar-refractivity contribution in [1.29, 1.82) is 0 Å². The number of halogens is 1. The van der Waals surface area contributed by atoms with Crippen molar-refractivity contribution in [3.63, 3.8) is 0 Å². The van der Waals surface area contributed by atoms with Crippen molar-refractivity contribution in [3.05, 3.63) is 9.94 Å². The molecule has 0 aromatic carbocycles. The summed E-state index contributed by atoms with van der Waals surface area (Å²) >= 11 is 6.92. The van der Waals surface area contributed by atoms with Gasteiger partial charge in [0.2, 0.25) is 12.2 Å². The summed E-state index contributed by atoms with van der Waals surface area (Å²) in [6, 6.07) is -0.881. The number of esters is 2. The van der Waals surface area contributed by atoms with Gasteiger partial charge in [0.1, 0.15) is 16.0 Å². The van der Waals surface area contributed by atoms with Crippen molar-refractivity contribution >= 4 is 41.2 Å². The Morgan fingerprint density at radius 3 is 2.60 bits per heavy atom. The average molecular weight is 324 g/mol. The summed E-state index contributed by atoms with van der Waals surface area (Å²) in [6.07, 6.45) is -0.927. The van der Waals surface area contributed by atoms with Gasteiger partial charge in [0, 0.05) is 19.8 Å². The predicted octanol–water partition coefficient (Wildman–Crippen LogP) is 0.377. The van der Waals surface area contributed by atoms with Crippen molar-refractivity contribution in [3.8, 4) is 0 Å². The van der Waals surface area contributed by atoms with Gasteiger partial charge in [-0.05, 0) is 0 Å². The summed E-state index contributed by atoms with van der Waals surface area (Å²) in [5.74, 6) is -1.54. The molecule has 1 N–H and O–H groups in total. The Hall–Kier alpha value is -1.25. The first-order valence-corrected chi connectivity index (χ1v) is 6.88. The maximum Gasteiger partial charge on any atom is 0.348 e. The van der Waals surface area contributed by atoms with Gasteiger partial charge in [-0.2, -0.15) is 0 Å². The lowest BCUT2D eigenvalue weighted by Gasteiger charge is -2.14. The molecule has 7 nitrogen and oxygen atoms in total. The highest BCUT2D eigenvalue weighted by molar-refractivity contribution is 8.04. The number of thioether (sulfide) groups is 1. The van der Waals surface area contributed by atoms with E-state index in [0.717, 1.165) is 11.8 Å². The van der Waals surface area contributed by atoms with Crippen LogP contribution in [-0.4, -0.2) is 50.2 Å². The minimum Gasteiger partial charge on any atom is -0.467 e. The second-order valence-electron chi connectivity index (χ2n) is 3.74. The van der Waals surface area contributed by atoms with E-state index in [1.165, 1.54) is 21.1 Å². The molecule has 112 valence electrons. The number of nitrogens with one attached hydrogen (secondary N) is 1. The van der Waals surface area contributed by atoms with Gasteiger partial charge in [-0.3, -0.25) is 4.79 Å². The molecule has 1 aliphatic rings. The highest BCUT2D eigenvalue weighted by Crippen LogP contribution is 2.34. The molecule has 1 heterocycles. The third kappa shape index (κ3) is 4.12. The van der Waals surface area contributed by atoms with Crippen LogP contribution in [0.1, 0.15) is 6.92 Å². The lowest BCUT2D eigenvalue weighted by Crippen LogP contribution is -2.42. The fourth-order valence-corrected chi connectivity index (χ4v) is 2.74. The van der Waals surface area contributed by atoms with Gasteiger partial charge in [-0.1, -0.05) is 11.6 Å². The number of hydrogen-bond donors (Lipinski definition) is 1. The van der Waals surface area contributed by atoms with Crippen molar-refractivity contribution in [1.82, 2.24) is 5.32 Å². The first kappa shape index (κ1) is 16.8. The minimum atomic E-state index is -0.927. The number of ether oxygens (including phenoxy) is 3. The Bertz CT molecular complexity index is 452. The molecule has 2 atom stereocenters. The second kappa shape index (κ2) is 7.51. The molecule has 0 spiro atoms. The minimum absolute atomic E-state index is 0.0866. The van der Waals surface area contributed by atoms with Gasteiger partial charge in [-0.15, -0.1) is 11.8 Å². The first-order valence-electron chi connectivity index (χ1n) is 5.51. The summed E-state index contributed by atoms with van der Waals surface area (Å²) in [5.41, 5.74) is 0. The normalized spacial score (nSPS) is 19.6. The van der Waals surface area contributed by atoms with Gasteiger partial charge in [-0.25, -0.2) is 9.59 Å². The molecule has 0 aliphatic carbocycles. The van der Waals surface area contributed by atoms with Crippen molar-refractivity contribution in [2.24, 2.45) is 0 Å². The van der Waals surface area contributed by atoms with Crippen molar-refractivity contribution < 1.29 is 28.6 Å². The highest BCUT2D eigenvalue weighted by atomic mass is 35.5. The van der Waals surface area contributed by atoms with Crippen LogP contribution >= 0.6 is 23.4 Å². The van der Waals surface area contributed by atoms with E-state index in [2.05, 4.69) is 10.1 Å². The van der Waals surface area contributed by atoms with E-state index < -0.39 is 24.3 Å². The number of amides is 1. The van der Waals surface area contributed by atoms with Crippen LogP contribution in [0.4, 0.5) is 0 Å². The van der Waals surface area contributed by atoms with E-state index in [1.807, 2.05) is 0 Å². The molecular formula is C11H14ClNO6S. The quantitative estimate of drug-likeness (QED) is 0.706. The van der Waals surface area contributed by atoms with E-state index in [4.69, 9.17) is 21.1 Å². The molecule has 0 aromatic rings. The lowest BCUT2D eigenvalue weighted by atomic mass is 10.3. The van der Waals surface area contributed by atoms with Gasteiger partial charge in [0.15, 0.2) is 0 Å². The SMILES string of the molecule is COC(=O)C(CSC1=C(Cl)C(OC)OC1=O)NC(C)=O. The highest BCUT2D eigenvalue weighted by Gasteiger charge is 2.34. The molecule has 0 saturated carbocycles. The third-order valence-electron chi connectivity index (χ3n) is 2.29. The fourth-order valence-electron chi connectivity index (χ4n) is 1.41. The Balaban J connectivity index is 2.72. The topological polar surface area (TPSA) is 90.9 Å². The van der Waals surface area contributed by atoms with E-state index >= 15 is 0 Å². The van der Waals surface area contributed by atoms with Crippen LogP contribution in [-0.2, 0) is 28.6 Å². The second-order valence-corrected chi connectivity index (χ2v) is 5.17. The monoisotopic (exact) mass is 323 g/mol. The number of cyclic esters (lactones) is 1. The number of hydrogen-bond acceptors (Lipinski definition) is 7. The Labute approximate surface area is 124 Å². The van der Waals surface area contributed by atoms with Crippen LogP contribution in [0, 0.1) is 0 Å². The van der Waals surface area contributed by atoms with E-state index in [0.29, 0.717) is 0 Å². The maximum absolute atomic E-state index is 11.6. The zero-order valence-corrected chi connectivity index (χ0v) is 12.7. The van der Waals surface area contributed by atoms with Crippen LogP contribution in [0.5, 0.6) is 0 Å². The number of carbonyl (C=O) groups excluding carboxylic acids is 3. The summed E-state index contributed by atoms with van der Waals surface area (Å²) in [5, 5.41) is 2.55. The Morgan fingerprint density at radius 2 is 2.15 bits per heavy atom. The Morgan fingerprint density at radius 1 is 1.50 bits per heavy atom. The number of carbonyl (C=O) groups is 3. The number of rotatable bonds is 6. The molecule has 9 heteroatoms. The first-order chi connectivity index (χ1) is 9.40. The lowest BCUT2D eigenvalue weighted by molar-refractivity contribution is -0.154. The molecule has 20 heavy (non-hydrogen) atoms. The molecule has 0 fully saturated rings. The summed E-state index contributed by atoms with van der Waals surface area (Å²) in [6.45, 7) is 1.28. The molecule has 1 aliphatic heterocycles. The zero-order chi connectivity index (χ0) is 15.3. The van der Waals surface area contributed by atoms with E-state index in [9.17, 15) is 14.4 Å². The molecular weight excluding hydrogens is 310 g/mol. The molecule has 1 amide bonds. The average Bonchev–Trinajstić information content (AvgIpc) is 2.68. The van der Waals surface area contributed by atoms with Gasteiger partial charge in [0.25, 0.3) is 0 Å². The van der Waals surface area contributed by atoms with Gasteiger partial charge < -0.3 is 19.5 Å². The molecule has 1 rings (SSSR count). The standard InChI is InChI=1S/C11H14ClNO6S/c1-5(14)13-6(9(15)17-2)4-20-8-7(12)11(18-3)19-10(8)16/h6,11H,4H2,1-3H3,(H,13,14). The van der Waals surface area contributed by atoms with E-state index in [1.54, 1.807) is 0 Å². The van der Waals surface area contributed by atoms with Crippen molar-refractivity contribution in [2.75, 3.05) is 20.0 Å². The molecule has 0 saturated heterocycles. The smallest absolute Gasteiger partial charge is 0.348 e. The Kier molecular flexibility index (Phi) is 6.31. The van der Waals surface area contributed by atoms with Gasteiger partial charge >= 0.3 is 11.9 Å². The molecule has 0 aromatic heterocycles. The summed E-state index contributed by atoms with van der Waals surface area (Å²) in [4.78, 5) is 34.2. The van der Waals surface area contributed by atoms with Crippen LogP contribution in [0.25, 0.3) is 0 Å². The van der Waals surface area contributed by atoms with Gasteiger partial charge in [0.05, 0.1) is 7.11 Å². The van der Waals surface area contributed by atoms with Crippen LogP contribution in [0.15, 0.2) is 9.94 Å². The predicted molar refractivity (Wildman–Crippen MR) is 71.8 cm³/mol. The van der Waals surface area contributed by atoms with Crippen LogP contribution in [0.3, 0.4) is 0 Å². The molecule has 0 bridgehead atoms. The fraction of sp³-hybridized carbons (Fsp3) is 0.545. The van der Waals surface area contributed by atoms with Crippen molar-refractivity contribution in [2.45, 2.75) is 19.3 Å². The largest absolute Gasteiger partial charge is 0.467 e.